The van der Waals surface area contributed by atoms with Gasteiger partial charge in [-0.2, -0.15) is 0 Å². The second-order valence-electron chi connectivity index (χ2n) is 5.54. The van der Waals surface area contributed by atoms with Crippen molar-refractivity contribution in [3.8, 4) is 0 Å². The van der Waals surface area contributed by atoms with Crippen LogP contribution >= 0.6 is 23.8 Å². The number of hydrogen-bond acceptors (Lipinski definition) is 4. The van der Waals surface area contributed by atoms with E-state index in [-0.39, 0.29) is 22.4 Å². The molecule has 0 atom stereocenters. The summed E-state index contributed by atoms with van der Waals surface area (Å²) in [6.45, 7) is 5.74. The molecular formula is C18H14ClN3O2S. The Bertz CT molecular complexity index is 968. The molecule has 0 bridgehead atoms. The lowest BCUT2D eigenvalue weighted by Gasteiger charge is -2.27. The van der Waals surface area contributed by atoms with E-state index in [1.54, 1.807) is 6.07 Å². The zero-order valence-electron chi connectivity index (χ0n) is 13.4. The lowest BCUT2D eigenvalue weighted by molar-refractivity contribution is -0.128. The van der Waals surface area contributed by atoms with E-state index in [4.69, 9.17) is 23.8 Å². The number of benzene rings is 1. The van der Waals surface area contributed by atoms with Gasteiger partial charge in [-0.3, -0.25) is 19.8 Å². The first-order chi connectivity index (χ1) is 11.9. The topological polar surface area (TPSA) is 62.3 Å². The SMILES string of the molecule is C=CCN1C(=O)C(=Cc2cc3cccc(C)c3nc2Cl)C(=O)NC1=S. The fourth-order valence-electron chi connectivity index (χ4n) is 2.59. The van der Waals surface area contributed by atoms with Crippen LogP contribution in [0.4, 0.5) is 0 Å². The van der Waals surface area contributed by atoms with Gasteiger partial charge in [-0.1, -0.05) is 35.9 Å². The van der Waals surface area contributed by atoms with Crippen LogP contribution in [-0.2, 0) is 9.59 Å². The van der Waals surface area contributed by atoms with E-state index in [0.717, 1.165) is 16.5 Å². The van der Waals surface area contributed by atoms with Gasteiger partial charge in [-0.15, -0.1) is 6.58 Å². The highest BCUT2D eigenvalue weighted by Crippen LogP contribution is 2.25. The number of hydrogen-bond donors (Lipinski definition) is 1. The van der Waals surface area contributed by atoms with Gasteiger partial charge in [0, 0.05) is 17.5 Å². The Hall–Kier alpha value is -2.57. The minimum Gasteiger partial charge on any atom is -0.298 e. The van der Waals surface area contributed by atoms with Crippen LogP contribution in [0.2, 0.25) is 5.15 Å². The van der Waals surface area contributed by atoms with Crippen LogP contribution in [-0.4, -0.2) is 33.4 Å². The van der Waals surface area contributed by atoms with Crippen LogP contribution in [0.5, 0.6) is 0 Å². The third-order valence-electron chi connectivity index (χ3n) is 3.83. The number of carbonyl (C=O) groups excluding carboxylic acids is 2. The molecule has 7 heteroatoms. The maximum Gasteiger partial charge on any atom is 0.265 e. The summed E-state index contributed by atoms with van der Waals surface area (Å²) >= 11 is 11.3. The molecule has 1 aliphatic rings. The Morgan fingerprint density at radius 2 is 2.16 bits per heavy atom. The summed E-state index contributed by atoms with van der Waals surface area (Å²) in [6.07, 6.45) is 2.97. The second kappa shape index (κ2) is 6.74. The van der Waals surface area contributed by atoms with E-state index >= 15 is 0 Å². The smallest absolute Gasteiger partial charge is 0.265 e. The first-order valence-electron chi connectivity index (χ1n) is 7.48. The van der Waals surface area contributed by atoms with Crippen LogP contribution in [0.25, 0.3) is 17.0 Å². The molecular weight excluding hydrogens is 358 g/mol. The van der Waals surface area contributed by atoms with E-state index in [9.17, 15) is 9.59 Å². The molecule has 0 aliphatic carbocycles. The molecule has 0 unspecified atom stereocenters. The molecule has 1 saturated heterocycles. The highest BCUT2D eigenvalue weighted by Gasteiger charge is 2.32. The van der Waals surface area contributed by atoms with Crippen LogP contribution in [0.15, 0.2) is 42.5 Å². The van der Waals surface area contributed by atoms with Gasteiger partial charge >= 0.3 is 0 Å². The van der Waals surface area contributed by atoms with Crippen molar-refractivity contribution in [1.82, 2.24) is 15.2 Å². The van der Waals surface area contributed by atoms with Crippen LogP contribution in [0, 0.1) is 6.92 Å². The van der Waals surface area contributed by atoms with Crippen molar-refractivity contribution >= 4 is 57.7 Å². The summed E-state index contributed by atoms with van der Waals surface area (Å²) in [5, 5.41) is 3.65. The minimum absolute atomic E-state index is 0.0499. The van der Waals surface area contributed by atoms with Crippen molar-refractivity contribution in [3.05, 3.63) is 58.8 Å². The number of nitrogens with one attached hydrogen (secondary N) is 1. The quantitative estimate of drug-likeness (QED) is 0.296. The Morgan fingerprint density at radius 3 is 2.88 bits per heavy atom. The van der Waals surface area contributed by atoms with Gasteiger partial charge in [0.05, 0.1) is 5.52 Å². The number of rotatable bonds is 3. The summed E-state index contributed by atoms with van der Waals surface area (Å²) < 4.78 is 0. The molecule has 1 aromatic heterocycles. The number of amides is 2. The Morgan fingerprint density at radius 1 is 1.40 bits per heavy atom. The van der Waals surface area contributed by atoms with Gasteiger partial charge < -0.3 is 0 Å². The molecule has 25 heavy (non-hydrogen) atoms. The summed E-state index contributed by atoms with van der Waals surface area (Å²) in [4.78, 5) is 30.4. The summed E-state index contributed by atoms with van der Waals surface area (Å²) in [7, 11) is 0. The highest BCUT2D eigenvalue weighted by molar-refractivity contribution is 7.80. The molecule has 1 aromatic carbocycles. The number of aromatic nitrogens is 1. The molecule has 0 saturated carbocycles. The fourth-order valence-corrected chi connectivity index (χ4v) is 3.03. The third kappa shape index (κ3) is 3.18. The molecule has 5 nitrogen and oxygen atoms in total. The molecule has 126 valence electrons. The zero-order chi connectivity index (χ0) is 18.1. The lowest BCUT2D eigenvalue weighted by atomic mass is 10.1. The zero-order valence-corrected chi connectivity index (χ0v) is 14.9. The largest absolute Gasteiger partial charge is 0.298 e. The molecule has 2 heterocycles. The molecule has 1 N–H and O–H groups in total. The summed E-state index contributed by atoms with van der Waals surface area (Å²) in [5.41, 5.74) is 2.21. The number of thiocarbonyl (C=S) groups is 1. The normalized spacial score (nSPS) is 16.5. The average molecular weight is 372 g/mol. The van der Waals surface area contributed by atoms with Gasteiger partial charge in [0.1, 0.15) is 10.7 Å². The number of halogens is 1. The van der Waals surface area contributed by atoms with Crippen molar-refractivity contribution in [1.29, 1.82) is 0 Å². The van der Waals surface area contributed by atoms with Crippen molar-refractivity contribution in [3.63, 3.8) is 0 Å². The van der Waals surface area contributed by atoms with Gasteiger partial charge in [0.15, 0.2) is 5.11 Å². The molecule has 2 aromatic rings. The number of pyridine rings is 1. The molecule has 0 radical (unpaired) electrons. The highest BCUT2D eigenvalue weighted by atomic mass is 35.5. The van der Waals surface area contributed by atoms with Crippen LogP contribution in [0.3, 0.4) is 0 Å². The maximum atomic E-state index is 12.6. The Balaban J connectivity index is 2.10. The standard InChI is InChI=1S/C18H14ClN3O2S/c1-3-7-22-17(24)13(16(23)21-18(22)25)9-12-8-11-6-4-5-10(2)14(11)20-15(12)19/h3-6,8-9H,1,7H2,2H3,(H,21,23,25). The first-order valence-corrected chi connectivity index (χ1v) is 8.26. The van der Waals surface area contributed by atoms with Gasteiger partial charge in [-0.25, -0.2) is 4.98 Å². The van der Waals surface area contributed by atoms with Crippen LogP contribution in [0.1, 0.15) is 11.1 Å². The minimum atomic E-state index is -0.560. The van der Waals surface area contributed by atoms with Crippen LogP contribution < -0.4 is 5.32 Å². The van der Waals surface area contributed by atoms with Gasteiger partial charge in [0.25, 0.3) is 11.8 Å². The van der Waals surface area contributed by atoms with Crippen molar-refractivity contribution in [2.75, 3.05) is 6.54 Å². The van der Waals surface area contributed by atoms with Crippen molar-refractivity contribution < 1.29 is 9.59 Å². The number of aryl methyl sites for hydroxylation is 1. The molecule has 2 amide bonds. The number of fused-ring (bicyclic) bond motifs is 1. The summed E-state index contributed by atoms with van der Waals surface area (Å²) in [6, 6.07) is 7.55. The Labute approximate surface area is 155 Å². The van der Waals surface area contributed by atoms with Gasteiger partial charge in [-0.05, 0) is 36.8 Å². The fraction of sp³-hybridized carbons (Fsp3) is 0.111. The van der Waals surface area contributed by atoms with E-state index < -0.39 is 11.8 Å². The maximum absolute atomic E-state index is 12.6. The second-order valence-corrected chi connectivity index (χ2v) is 6.28. The Kier molecular flexibility index (Phi) is 4.65. The molecule has 1 fully saturated rings. The van der Waals surface area contributed by atoms with E-state index in [2.05, 4.69) is 16.9 Å². The van der Waals surface area contributed by atoms with Crippen molar-refractivity contribution in [2.24, 2.45) is 0 Å². The summed E-state index contributed by atoms with van der Waals surface area (Å²) in [5.74, 6) is -1.05. The molecule has 0 spiro atoms. The van der Waals surface area contributed by atoms with E-state index in [1.807, 2.05) is 25.1 Å². The monoisotopic (exact) mass is 371 g/mol. The number of nitrogens with zero attached hydrogens (tertiary/aromatic N) is 2. The lowest BCUT2D eigenvalue weighted by Crippen LogP contribution is -2.53. The van der Waals surface area contributed by atoms with E-state index in [1.165, 1.54) is 17.1 Å². The van der Waals surface area contributed by atoms with E-state index in [0.29, 0.717) is 5.56 Å². The predicted molar refractivity (Wildman–Crippen MR) is 102 cm³/mol. The van der Waals surface area contributed by atoms with Crippen molar-refractivity contribution in [2.45, 2.75) is 6.92 Å². The first kappa shape index (κ1) is 17.3. The molecule has 3 rings (SSSR count). The average Bonchev–Trinajstić information content (AvgIpc) is 2.56. The number of para-hydroxylation sites is 1. The third-order valence-corrected chi connectivity index (χ3v) is 4.45. The molecule has 1 aliphatic heterocycles. The predicted octanol–water partition coefficient (Wildman–Crippen LogP) is 3.01. The number of carbonyl (C=O) groups is 2. The van der Waals surface area contributed by atoms with Gasteiger partial charge in [0.2, 0.25) is 0 Å².